The first-order valence-electron chi connectivity index (χ1n) is 4.25. The molecule has 0 bridgehead atoms. The molecule has 0 saturated heterocycles. The predicted octanol–water partition coefficient (Wildman–Crippen LogP) is -1.18. The van der Waals surface area contributed by atoms with Gasteiger partial charge in [-0.2, -0.15) is 0 Å². The van der Waals surface area contributed by atoms with Gasteiger partial charge in [-0.1, -0.05) is 0 Å². The molecule has 84 valence electrons. The van der Waals surface area contributed by atoms with Gasteiger partial charge in [0, 0.05) is 20.0 Å². The number of hydrogen-bond donors (Lipinski definition) is 3. The van der Waals surface area contributed by atoms with Gasteiger partial charge in [0.15, 0.2) is 5.03 Å². The zero-order chi connectivity index (χ0) is 11.3. The second-order valence-corrected chi connectivity index (χ2v) is 4.53. The van der Waals surface area contributed by atoms with Crippen LogP contribution in [-0.2, 0) is 14.8 Å². The summed E-state index contributed by atoms with van der Waals surface area (Å²) < 4.78 is 25.2. The highest BCUT2D eigenvalue weighted by molar-refractivity contribution is 7.89. The van der Waals surface area contributed by atoms with E-state index in [4.69, 9.17) is 0 Å². The summed E-state index contributed by atoms with van der Waals surface area (Å²) in [7, 11) is -3.53. The summed E-state index contributed by atoms with van der Waals surface area (Å²) in [5, 5.41) is 2.48. The number of H-pyrrole nitrogens is 1. The summed E-state index contributed by atoms with van der Waals surface area (Å²) in [4.78, 5) is 16.6. The molecule has 8 heteroatoms. The summed E-state index contributed by atoms with van der Waals surface area (Å²) in [6.07, 6.45) is 2.49. The molecule has 15 heavy (non-hydrogen) atoms. The van der Waals surface area contributed by atoms with Gasteiger partial charge in [-0.3, -0.25) is 4.79 Å². The van der Waals surface area contributed by atoms with Gasteiger partial charge in [-0.15, -0.1) is 0 Å². The Kier molecular flexibility index (Phi) is 3.81. The Balaban J connectivity index is 2.42. The first kappa shape index (κ1) is 11.7. The highest BCUT2D eigenvalue weighted by Gasteiger charge is 2.13. The van der Waals surface area contributed by atoms with Crippen LogP contribution in [0.15, 0.2) is 17.6 Å². The van der Waals surface area contributed by atoms with Crippen LogP contribution in [0.3, 0.4) is 0 Å². The number of aromatic amines is 1. The van der Waals surface area contributed by atoms with Crippen molar-refractivity contribution in [3.05, 3.63) is 12.5 Å². The third-order valence-corrected chi connectivity index (χ3v) is 2.94. The van der Waals surface area contributed by atoms with E-state index in [-0.39, 0.29) is 24.0 Å². The molecule has 0 radical (unpaired) electrons. The summed E-state index contributed by atoms with van der Waals surface area (Å²) in [5.41, 5.74) is 0. The van der Waals surface area contributed by atoms with E-state index in [1.54, 1.807) is 0 Å². The van der Waals surface area contributed by atoms with Gasteiger partial charge >= 0.3 is 0 Å². The maximum absolute atomic E-state index is 11.4. The molecule has 0 aliphatic carbocycles. The molecule has 0 atom stereocenters. The number of hydrogen-bond acceptors (Lipinski definition) is 4. The molecule has 3 N–H and O–H groups in total. The average Bonchev–Trinajstić information content (AvgIpc) is 2.65. The lowest BCUT2D eigenvalue weighted by Crippen LogP contribution is -2.33. The molecule has 0 aliphatic heterocycles. The quantitative estimate of drug-likeness (QED) is 0.556. The zero-order valence-electron chi connectivity index (χ0n) is 8.15. The van der Waals surface area contributed by atoms with E-state index < -0.39 is 10.0 Å². The summed E-state index contributed by atoms with van der Waals surface area (Å²) in [6, 6.07) is 0. The highest BCUT2D eigenvalue weighted by Crippen LogP contribution is 2.00. The maximum atomic E-state index is 11.4. The van der Waals surface area contributed by atoms with Crippen LogP contribution in [0.1, 0.15) is 6.92 Å². The van der Waals surface area contributed by atoms with Crippen LogP contribution in [0.5, 0.6) is 0 Å². The van der Waals surface area contributed by atoms with Crippen molar-refractivity contribution in [1.82, 2.24) is 20.0 Å². The van der Waals surface area contributed by atoms with Crippen molar-refractivity contribution in [2.24, 2.45) is 0 Å². The number of amides is 1. The Morgan fingerprint density at radius 1 is 1.53 bits per heavy atom. The van der Waals surface area contributed by atoms with Gasteiger partial charge in [0.25, 0.3) is 10.0 Å². The Morgan fingerprint density at radius 2 is 2.27 bits per heavy atom. The largest absolute Gasteiger partial charge is 0.355 e. The first-order chi connectivity index (χ1) is 7.02. The van der Waals surface area contributed by atoms with Crippen LogP contribution >= 0.6 is 0 Å². The average molecular weight is 232 g/mol. The van der Waals surface area contributed by atoms with Gasteiger partial charge in [-0.05, 0) is 0 Å². The van der Waals surface area contributed by atoms with Crippen molar-refractivity contribution in [1.29, 1.82) is 0 Å². The number of sulfonamides is 1. The Bertz CT molecular complexity index is 411. The fraction of sp³-hybridized carbons (Fsp3) is 0.429. The fourth-order valence-corrected chi connectivity index (χ4v) is 1.83. The normalized spacial score (nSPS) is 11.3. The molecule has 1 aromatic rings. The van der Waals surface area contributed by atoms with Crippen molar-refractivity contribution in [2.45, 2.75) is 11.9 Å². The minimum absolute atomic E-state index is 0.00493. The Morgan fingerprint density at radius 3 is 2.80 bits per heavy atom. The molecule has 0 aromatic carbocycles. The van der Waals surface area contributed by atoms with Crippen LogP contribution < -0.4 is 10.0 Å². The van der Waals surface area contributed by atoms with Crippen LogP contribution in [-0.4, -0.2) is 37.4 Å². The van der Waals surface area contributed by atoms with Gasteiger partial charge < -0.3 is 10.3 Å². The second-order valence-electron chi connectivity index (χ2n) is 2.80. The second kappa shape index (κ2) is 4.89. The SMILES string of the molecule is CC(=O)NCCNS(=O)(=O)c1cnc[nH]1. The number of carbonyl (C=O) groups excluding carboxylic acids is 1. The molecule has 1 rings (SSSR count). The fourth-order valence-electron chi connectivity index (χ4n) is 0.892. The molecule has 0 spiro atoms. The van der Waals surface area contributed by atoms with Gasteiger partial charge in [0.2, 0.25) is 5.91 Å². The van der Waals surface area contributed by atoms with E-state index in [1.165, 1.54) is 19.4 Å². The number of nitrogens with zero attached hydrogens (tertiary/aromatic N) is 1. The molecular formula is C7H12N4O3S. The molecule has 1 amide bonds. The maximum Gasteiger partial charge on any atom is 0.257 e. The molecule has 0 unspecified atom stereocenters. The van der Waals surface area contributed by atoms with Crippen LogP contribution in [0.25, 0.3) is 0 Å². The van der Waals surface area contributed by atoms with Crippen molar-refractivity contribution < 1.29 is 13.2 Å². The minimum Gasteiger partial charge on any atom is -0.355 e. The molecule has 0 aliphatic rings. The van der Waals surface area contributed by atoms with Crippen molar-refractivity contribution in [3.63, 3.8) is 0 Å². The molecule has 1 heterocycles. The lowest BCUT2D eigenvalue weighted by Gasteiger charge is -2.04. The van der Waals surface area contributed by atoms with Gasteiger partial charge in [-0.25, -0.2) is 18.1 Å². The molecule has 7 nitrogen and oxygen atoms in total. The minimum atomic E-state index is -3.53. The summed E-state index contributed by atoms with van der Waals surface area (Å²) in [6.45, 7) is 1.76. The Hall–Kier alpha value is -1.41. The lowest BCUT2D eigenvalue weighted by atomic mass is 10.6. The van der Waals surface area contributed by atoms with E-state index in [9.17, 15) is 13.2 Å². The third-order valence-electron chi connectivity index (χ3n) is 1.55. The number of rotatable bonds is 5. The molecule has 0 saturated carbocycles. The third kappa shape index (κ3) is 3.68. The van der Waals surface area contributed by atoms with Gasteiger partial charge in [0.05, 0.1) is 12.5 Å². The predicted molar refractivity (Wildman–Crippen MR) is 52.5 cm³/mol. The van der Waals surface area contributed by atoms with E-state index >= 15 is 0 Å². The van der Waals surface area contributed by atoms with E-state index in [2.05, 4.69) is 20.0 Å². The molecule has 1 aromatic heterocycles. The zero-order valence-corrected chi connectivity index (χ0v) is 8.97. The van der Waals surface area contributed by atoms with E-state index in [1.807, 2.05) is 0 Å². The van der Waals surface area contributed by atoms with Crippen molar-refractivity contribution >= 4 is 15.9 Å². The topological polar surface area (TPSA) is 104 Å². The summed E-state index contributed by atoms with van der Waals surface area (Å²) in [5.74, 6) is -0.198. The van der Waals surface area contributed by atoms with E-state index in [0.29, 0.717) is 0 Å². The molecule has 0 fully saturated rings. The van der Waals surface area contributed by atoms with Crippen LogP contribution in [0, 0.1) is 0 Å². The number of nitrogens with one attached hydrogen (secondary N) is 3. The number of carbonyl (C=O) groups is 1. The molecular weight excluding hydrogens is 220 g/mol. The first-order valence-corrected chi connectivity index (χ1v) is 5.73. The van der Waals surface area contributed by atoms with Crippen LogP contribution in [0.4, 0.5) is 0 Å². The number of aromatic nitrogens is 2. The lowest BCUT2D eigenvalue weighted by molar-refractivity contribution is -0.118. The van der Waals surface area contributed by atoms with E-state index in [0.717, 1.165) is 0 Å². The van der Waals surface area contributed by atoms with Gasteiger partial charge in [0.1, 0.15) is 0 Å². The van der Waals surface area contributed by atoms with Crippen molar-refractivity contribution in [2.75, 3.05) is 13.1 Å². The highest BCUT2D eigenvalue weighted by atomic mass is 32.2. The van der Waals surface area contributed by atoms with Crippen LogP contribution in [0.2, 0.25) is 0 Å². The standard InChI is InChI=1S/C7H12N4O3S/c1-6(12)9-2-3-11-15(13,14)7-4-8-5-10-7/h4-5,11H,2-3H2,1H3,(H,8,10)(H,9,12). The number of imidazole rings is 1. The monoisotopic (exact) mass is 232 g/mol. The summed E-state index contributed by atoms with van der Waals surface area (Å²) >= 11 is 0. The van der Waals surface area contributed by atoms with Crippen molar-refractivity contribution in [3.8, 4) is 0 Å². The smallest absolute Gasteiger partial charge is 0.257 e. The Labute approximate surface area is 87.3 Å².